The van der Waals surface area contributed by atoms with Crippen LogP contribution in [-0.4, -0.2) is 28.4 Å². The molecule has 0 aliphatic heterocycles. The topological polar surface area (TPSA) is 0 Å². The van der Waals surface area contributed by atoms with Crippen molar-refractivity contribution in [2.75, 3.05) is 5.33 Å². The van der Waals surface area contributed by atoms with Crippen LogP contribution in [0.3, 0.4) is 0 Å². The molecule has 0 saturated carbocycles. The molecule has 0 radical (unpaired) electrons. The molecule has 0 aromatic carbocycles. The molecule has 0 unspecified atom stereocenters. The Hall–Kier alpha value is 1.25. The van der Waals surface area contributed by atoms with Gasteiger partial charge in [0.15, 0.2) is 0 Å². The molecule has 0 N–H and O–H groups in total. The van der Waals surface area contributed by atoms with E-state index < -0.39 is 0 Å². The summed E-state index contributed by atoms with van der Waals surface area (Å²) >= 11 is 3.38. The summed E-state index contributed by atoms with van der Waals surface area (Å²) in [6.45, 7) is 4.51. The fourth-order valence-electron chi connectivity index (χ4n) is 0.485. The second-order valence-corrected chi connectivity index (χ2v) is 3.02. The van der Waals surface area contributed by atoms with Crippen LogP contribution < -0.4 is 0 Å². The third-order valence-corrected chi connectivity index (χ3v) is 1.48. The smallest absolute Gasteiger partial charge is 1.00 e. The second kappa shape index (κ2) is 8.25. The summed E-state index contributed by atoms with van der Waals surface area (Å²) in [6.07, 6.45) is 2.67. The Kier molecular flexibility index (Phi) is 12.3. The van der Waals surface area contributed by atoms with Gasteiger partial charge in [-0.05, 0) is 12.3 Å². The van der Waals surface area contributed by atoms with Gasteiger partial charge in [-0.2, -0.15) is 0 Å². The van der Waals surface area contributed by atoms with E-state index in [1.165, 1.54) is 12.8 Å². The van der Waals surface area contributed by atoms with Crippen LogP contribution in [0.15, 0.2) is 0 Å². The van der Waals surface area contributed by atoms with Gasteiger partial charge in [-0.15, -0.1) is 0 Å². The zero-order valence-electron chi connectivity index (χ0n) is 7.78. The Bertz CT molecular complexity index is 44.7. The van der Waals surface area contributed by atoms with Crippen LogP contribution in [0.2, 0.25) is 0 Å². The first-order valence-corrected chi connectivity index (χ1v) is 3.95. The summed E-state index contributed by atoms with van der Waals surface area (Å²) in [7, 11) is 0. The minimum absolute atomic E-state index is 0. The van der Waals surface area contributed by atoms with Crippen molar-refractivity contribution < 1.29 is 2.85 Å². The van der Waals surface area contributed by atoms with E-state index in [1.54, 1.807) is 0 Å². The molecule has 0 aliphatic rings. The number of hydrogen-bond acceptors (Lipinski definition) is 0. The third-order valence-electron chi connectivity index (χ3n) is 0.915. The van der Waals surface area contributed by atoms with Crippen molar-refractivity contribution in [3.8, 4) is 0 Å². The molecule has 0 heterocycles. The molecule has 0 aliphatic carbocycles. The maximum Gasteiger partial charge on any atom is 2.00 e. The van der Waals surface area contributed by atoms with Crippen molar-refractivity contribution in [2.45, 2.75) is 26.7 Å². The molecule has 0 nitrogen and oxygen atoms in total. The summed E-state index contributed by atoms with van der Waals surface area (Å²) < 4.78 is 0. The van der Waals surface area contributed by atoms with Crippen LogP contribution in [0.25, 0.3) is 0 Å². The molecule has 0 bridgehead atoms. The van der Waals surface area contributed by atoms with E-state index in [4.69, 9.17) is 0 Å². The zero-order valence-corrected chi connectivity index (χ0v) is 8.78. The molecular formula is C6H15BrMg. The summed E-state index contributed by atoms with van der Waals surface area (Å²) in [5, 5.41) is 1.16. The van der Waals surface area contributed by atoms with Crippen LogP contribution in [0.4, 0.5) is 0 Å². The molecule has 0 aromatic heterocycles. The molecule has 0 aromatic rings. The molecule has 0 spiro atoms. The Morgan fingerprint density at radius 3 is 2.12 bits per heavy atom. The van der Waals surface area contributed by atoms with Gasteiger partial charge in [-0.25, -0.2) is 0 Å². The van der Waals surface area contributed by atoms with Gasteiger partial charge in [0.2, 0.25) is 0 Å². The number of hydrogen-bond donors (Lipinski definition) is 0. The molecule has 48 valence electrons. The van der Waals surface area contributed by atoms with Crippen molar-refractivity contribution in [3.63, 3.8) is 0 Å². The van der Waals surface area contributed by atoms with Gasteiger partial charge in [-0.3, -0.25) is 0 Å². The molecule has 0 atom stereocenters. The normalized spacial score (nSPS) is 9.00. The van der Waals surface area contributed by atoms with Gasteiger partial charge in [-0.1, -0.05) is 36.2 Å². The maximum atomic E-state index is 3.38. The third kappa shape index (κ3) is 10.3. The van der Waals surface area contributed by atoms with Gasteiger partial charge in [0, 0.05) is 5.33 Å². The fraction of sp³-hybridized carbons (Fsp3) is 1.00. The monoisotopic (exact) mass is 190 g/mol. The van der Waals surface area contributed by atoms with E-state index >= 15 is 0 Å². The Morgan fingerprint density at radius 2 is 2.00 bits per heavy atom. The standard InChI is InChI=1S/C6H13Br.Mg.2H/c1-6(2)4-3-5-7;;;/h6H,3-5H2,1-2H3;;;/q;+2;2*-1. The molecule has 0 rings (SSSR count). The van der Waals surface area contributed by atoms with E-state index in [2.05, 4.69) is 29.8 Å². The van der Waals surface area contributed by atoms with Gasteiger partial charge in [0.05, 0.1) is 0 Å². The van der Waals surface area contributed by atoms with Gasteiger partial charge < -0.3 is 2.85 Å². The first-order valence-electron chi connectivity index (χ1n) is 2.83. The molecule has 0 amide bonds. The minimum atomic E-state index is 0. The summed E-state index contributed by atoms with van der Waals surface area (Å²) in [6, 6.07) is 0. The fourth-order valence-corrected chi connectivity index (χ4v) is 0.809. The number of halogens is 1. The SMILES string of the molecule is CC(C)CCCBr.[H-].[H-].[Mg+2]. The molecular weight excluding hydrogens is 176 g/mol. The van der Waals surface area contributed by atoms with Crippen molar-refractivity contribution >= 4 is 39.0 Å². The Morgan fingerprint density at radius 1 is 1.50 bits per heavy atom. The number of alkyl halides is 1. The zero-order chi connectivity index (χ0) is 5.70. The van der Waals surface area contributed by atoms with E-state index in [-0.39, 0.29) is 25.9 Å². The molecule has 0 fully saturated rings. The first kappa shape index (κ1) is 12.0. The van der Waals surface area contributed by atoms with Crippen molar-refractivity contribution in [1.82, 2.24) is 0 Å². The van der Waals surface area contributed by atoms with Gasteiger partial charge >= 0.3 is 23.1 Å². The van der Waals surface area contributed by atoms with E-state index in [0.717, 1.165) is 11.2 Å². The van der Waals surface area contributed by atoms with Crippen LogP contribution in [-0.2, 0) is 0 Å². The van der Waals surface area contributed by atoms with E-state index in [9.17, 15) is 0 Å². The average Bonchev–Trinajstić information content (AvgIpc) is 1.61. The van der Waals surface area contributed by atoms with Crippen molar-refractivity contribution in [3.05, 3.63) is 0 Å². The minimum Gasteiger partial charge on any atom is -1.00 e. The summed E-state index contributed by atoms with van der Waals surface area (Å²) in [5.41, 5.74) is 0. The number of rotatable bonds is 3. The second-order valence-electron chi connectivity index (χ2n) is 2.23. The summed E-state index contributed by atoms with van der Waals surface area (Å²) in [5.74, 6) is 0.873. The van der Waals surface area contributed by atoms with E-state index in [1.807, 2.05) is 0 Å². The van der Waals surface area contributed by atoms with E-state index in [0.29, 0.717) is 0 Å². The van der Waals surface area contributed by atoms with Gasteiger partial charge in [0.1, 0.15) is 0 Å². The van der Waals surface area contributed by atoms with Crippen LogP contribution in [0.1, 0.15) is 29.5 Å². The van der Waals surface area contributed by atoms with Crippen LogP contribution in [0, 0.1) is 5.92 Å². The summed E-state index contributed by atoms with van der Waals surface area (Å²) in [4.78, 5) is 0. The molecule has 0 saturated heterocycles. The largest absolute Gasteiger partial charge is 2.00 e. The quantitative estimate of drug-likeness (QED) is 0.475. The van der Waals surface area contributed by atoms with Crippen molar-refractivity contribution in [2.24, 2.45) is 5.92 Å². The molecule has 2 heteroatoms. The predicted molar refractivity (Wildman–Crippen MR) is 45.8 cm³/mol. The average molecular weight is 191 g/mol. The first-order chi connectivity index (χ1) is 3.27. The van der Waals surface area contributed by atoms with Crippen molar-refractivity contribution in [1.29, 1.82) is 0 Å². The van der Waals surface area contributed by atoms with Crippen LogP contribution in [0.5, 0.6) is 0 Å². The van der Waals surface area contributed by atoms with Crippen LogP contribution >= 0.6 is 15.9 Å². The van der Waals surface area contributed by atoms with Gasteiger partial charge in [0.25, 0.3) is 0 Å². The predicted octanol–water partition coefficient (Wildman–Crippen LogP) is 2.66. The Labute approximate surface area is 79.7 Å². The Balaban J connectivity index is -0.0000000600. The maximum absolute atomic E-state index is 3.38. The molecule has 8 heavy (non-hydrogen) atoms.